The third-order valence-electron chi connectivity index (χ3n) is 2.76. The molecular weight excluding hydrogens is 246 g/mol. The lowest BCUT2D eigenvalue weighted by molar-refractivity contribution is -0.144. The van der Waals surface area contributed by atoms with E-state index in [9.17, 15) is 9.59 Å². The SMILES string of the molecule is CCCCC(=O)N(CCCOC)CCC(=O)OCC. The number of hydrogen-bond acceptors (Lipinski definition) is 4. The predicted molar refractivity (Wildman–Crippen MR) is 73.8 cm³/mol. The number of nitrogens with zero attached hydrogens (tertiary/aromatic N) is 1. The van der Waals surface area contributed by atoms with Crippen LogP contribution in [0.3, 0.4) is 0 Å². The molecule has 0 atom stereocenters. The lowest BCUT2D eigenvalue weighted by Crippen LogP contribution is -2.34. The fourth-order valence-corrected chi connectivity index (χ4v) is 1.71. The minimum Gasteiger partial charge on any atom is -0.466 e. The maximum absolute atomic E-state index is 12.0. The number of amides is 1. The fraction of sp³-hybridized carbons (Fsp3) is 0.857. The van der Waals surface area contributed by atoms with Crippen molar-refractivity contribution in [2.75, 3.05) is 33.4 Å². The lowest BCUT2D eigenvalue weighted by Gasteiger charge is -2.22. The van der Waals surface area contributed by atoms with Crippen LogP contribution in [0.5, 0.6) is 0 Å². The quantitative estimate of drug-likeness (QED) is 0.427. The molecule has 0 radical (unpaired) electrons. The number of carbonyl (C=O) groups excluding carboxylic acids is 2. The number of carbonyl (C=O) groups is 2. The molecule has 19 heavy (non-hydrogen) atoms. The van der Waals surface area contributed by atoms with E-state index in [0.717, 1.165) is 19.3 Å². The lowest BCUT2D eigenvalue weighted by atomic mass is 10.2. The van der Waals surface area contributed by atoms with Gasteiger partial charge in [0.05, 0.1) is 13.0 Å². The van der Waals surface area contributed by atoms with Crippen LogP contribution in [0.15, 0.2) is 0 Å². The highest BCUT2D eigenvalue weighted by molar-refractivity contribution is 5.77. The molecule has 5 nitrogen and oxygen atoms in total. The minimum absolute atomic E-state index is 0.113. The van der Waals surface area contributed by atoms with Crippen molar-refractivity contribution in [3.63, 3.8) is 0 Å². The highest BCUT2D eigenvalue weighted by Crippen LogP contribution is 2.04. The second-order valence-corrected chi connectivity index (χ2v) is 4.39. The molecule has 0 aliphatic heterocycles. The van der Waals surface area contributed by atoms with Crippen LogP contribution in [0, 0.1) is 0 Å². The third-order valence-corrected chi connectivity index (χ3v) is 2.76. The van der Waals surface area contributed by atoms with Gasteiger partial charge in [0.15, 0.2) is 0 Å². The monoisotopic (exact) mass is 273 g/mol. The van der Waals surface area contributed by atoms with E-state index in [1.165, 1.54) is 0 Å². The van der Waals surface area contributed by atoms with Gasteiger partial charge in [0, 0.05) is 33.2 Å². The van der Waals surface area contributed by atoms with E-state index in [-0.39, 0.29) is 18.3 Å². The third kappa shape index (κ3) is 9.47. The number of unbranched alkanes of at least 4 members (excludes halogenated alkanes) is 1. The summed E-state index contributed by atoms with van der Waals surface area (Å²) in [6.45, 7) is 5.91. The number of esters is 1. The van der Waals surface area contributed by atoms with Gasteiger partial charge < -0.3 is 14.4 Å². The second-order valence-electron chi connectivity index (χ2n) is 4.39. The summed E-state index contributed by atoms with van der Waals surface area (Å²) in [5, 5.41) is 0. The summed E-state index contributed by atoms with van der Waals surface area (Å²) in [6, 6.07) is 0. The number of methoxy groups -OCH3 is 1. The zero-order chi connectivity index (χ0) is 14.5. The summed E-state index contributed by atoms with van der Waals surface area (Å²) in [7, 11) is 1.64. The number of ether oxygens (including phenoxy) is 2. The van der Waals surface area contributed by atoms with Crippen LogP contribution in [0.25, 0.3) is 0 Å². The molecule has 0 rings (SSSR count). The van der Waals surface area contributed by atoms with E-state index in [4.69, 9.17) is 9.47 Å². The maximum Gasteiger partial charge on any atom is 0.307 e. The Labute approximate surface area is 116 Å². The molecule has 0 aromatic carbocycles. The normalized spacial score (nSPS) is 10.3. The smallest absolute Gasteiger partial charge is 0.307 e. The first-order valence-electron chi connectivity index (χ1n) is 7.08. The van der Waals surface area contributed by atoms with Gasteiger partial charge in [-0.15, -0.1) is 0 Å². The zero-order valence-electron chi connectivity index (χ0n) is 12.4. The largest absolute Gasteiger partial charge is 0.466 e. The van der Waals surface area contributed by atoms with Crippen molar-refractivity contribution in [2.24, 2.45) is 0 Å². The fourth-order valence-electron chi connectivity index (χ4n) is 1.71. The Bertz CT molecular complexity index is 256. The van der Waals surface area contributed by atoms with Crippen molar-refractivity contribution >= 4 is 11.9 Å². The molecule has 0 N–H and O–H groups in total. The van der Waals surface area contributed by atoms with Crippen molar-refractivity contribution in [3.8, 4) is 0 Å². The van der Waals surface area contributed by atoms with E-state index in [2.05, 4.69) is 6.92 Å². The molecule has 0 unspecified atom stereocenters. The summed E-state index contributed by atoms with van der Waals surface area (Å²) in [4.78, 5) is 25.1. The van der Waals surface area contributed by atoms with E-state index in [0.29, 0.717) is 32.7 Å². The Kier molecular flexibility index (Phi) is 11.3. The summed E-state index contributed by atoms with van der Waals surface area (Å²) >= 11 is 0. The Morgan fingerprint density at radius 1 is 1.05 bits per heavy atom. The molecule has 0 aromatic rings. The first-order valence-corrected chi connectivity index (χ1v) is 7.08. The summed E-state index contributed by atoms with van der Waals surface area (Å²) < 4.78 is 9.86. The molecule has 5 heteroatoms. The molecule has 0 bridgehead atoms. The Morgan fingerprint density at radius 3 is 2.37 bits per heavy atom. The van der Waals surface area contributed by atoms with Crippen LogP contribution < -0.4 is 0 Å². The second kappa shape index (κ2) is 12.0. The number of hydrogen-bond donors (Lipinski definition) is 0. The molecule has 0 fully saturated rings. The average molecular weight is 273 g/mol. The molecular formula is C14H27NO4. The average Bonchev–Trinajstić information content (AvgIpc) is 2.40. The molecule has 0 aliphatic rings. The van der Waals surface area contributed by atoms with Gasteiger partial charge in [0.1, 0.15) is 0 Å². The van der Waals surface area contributed by atoms with Gasteiger partial charge in [0.25, 0.3) is 0 Å². The van der Waals surface area contributed by atoms with E-state index in [1.54, 1.807) is 18.9 Å². The van der Waals surface area contributed by atoms with Gasteiger partial charge in [-0.25, -0.2) is 0 Å². The van der Waals surface area contributed by atoms with Crippen molar-refractivity contribution < 1.29 is 19.1 Å². The van der Waals surface area contributed by atoms with Crippen LogP contribution in [0.4, 0.5) is 0 Å². The highest BCUT2D eigenvalue weighted by atomic mass is 16.5. The van der Waals surface area contributed by atoms with Crippen LogP contribution >= 0.6 is 0 Å². The summed E-state index contributed by atoms with van der Waals surface area (Å²) in [5.74, 6) is -0.134. The molecule has 0 aromatic heterocycles. The van der Waals surface area contributed by atoms with Crippen molar-refractivity contribution in [3.05, 3.63) is 0 Å². The van der Waals surface area contributed by atoms with Crippen molar-refractivity contribution in [1.82, 2.24) is 4.90 Å². The standard InChI is InChI=1S/C14H27NO4/c1-4-6-8-13(16)15(10-7-12-18-3)11-9-14(17)19-5-2/h4-12H2,1-3H3. The maximum atomic E-state index is 12.0. The summed E-state index contributed by atoms with van der Waals surface area (Å²) in [6.07, 6.45) is 3.48. The Balaban J connectivity index is 4.15. The van der Waals surface area contributed by atoms with Crippen LogP contribution in [-0.2, 0) is 19.1 Å². The van der Waals surface area contributed by atoms with Gasteiger partial charge in [-0.2, -0.15) is 0 Å². The van der Waals surface area contributed by atoms with Gasteiger partial charge in [-0.1, -0.05) is 13.3 Å². The molecule has 0 aliphatic carbocycles. The van der Waals surface area contributed by atoms with Crippen LogP contribution in [-0.4, -0.2) is 50.2 Å². The topological polar surface area (TPSA) is 55.8 Å². The molecule has 1 amide bonds. The van der Waals surface area contributed by atoms with Gasteiger partial charge in [0.2, 0.25) is 5.91 Å². The van der Waals surface area contributed by atoms with Gasteiger partial charge >= 0.3 is 5.97 Å². The van der Waals surface area contributed by atoms with E-state index >= 15 is 0 Å². The molecule has 0 saturated carbocycles. The van der Waals surface area contributed by atoms with Crippen LogP contribution in [0.1, 0.15) is 46.0 Å². The minimum atomic E-state index is -0.248. The molecule has 0 heterocycles. The van der Waals surface area contributed by atoms with Crippen molar-refractivity contribution in [2.45, 2.75) is 46.0 Å². The predicted octanol–water partition coefficient (Wildman–Crippen LogP) is 1.99. The number of rotatable bonds is 11. The van der Waals surface area contributed by atoms with E-state index in [1.807, 2.05) is 0 Å². The van der Waals surface area contributed by atoms with Gasteiger partial charge in [-0.3, -0.25) is 9.59 Å². The summed E-state index contributed by atoms with van der Waals surface area (Å²) in [5.41, 5.74) is 0. The highest BCUT2D eigenvalue weighted by Gasteiger charge is 2.14. The Hall–Kier alpha value is -1.10. The zero-order valence-corrected chi connectivity index (χ0v) is 12.4. The molecule has 112 valence electrons. The first-order chi connectivity index (χ1) is 9.15. The Morgan fingerprint density at radius 2 is 1.79 bits per heavy atom. The van der Waals surface area contributed by atoms with Crippen LogP contribution in [0.2, 0.25) is 0 Å². The first kappa shape index (κ1) is 17.9. The van der Waals surface area contributed by atoms with Crippen molar-refractivity contribution in [1.29, 1.82) is 0 Å². The molecule has 0 spiro atoms. The van der Waals surface area contributed by atoms with Gasteiger partial charge in [-0.05, 0) is 19.8 Å². The van der Waals surface area contributed by atoms with E-state index < -0.39 is 0 Å². The molecule has 0 saturated heterocycles.